The molecule has 0 amide bonds. The molecule has 1 aromatic carbocycles. The van der Waals surface area contributed by atoms with Crippen LogP contribution in [0.15, 0.2) is 30.4 Å². The second kappa shape index (κ2) is 6.23. The summed E-state index contributed by atoms with van der Waals surface area (Å²) in [4.78, 5) is 23.4. The molecule has 5 nitrogen and oxygen atoms in total. The molecule has 0 aromatic heterocycles. The molecule has 0 N–H and O–H groups in total. The maximum Gasteiger partial charge on any atom is 0.338 e. The van der Waals surface area contributed by atoms with Gasteiger partial charge in [-0.2, -0.15) is 0 Å². The van der Waals surface area contributed by atoms with E-state index in [0.717, 1.165) is 12.8 Å². The summed E-state index contributed by atoms with van der Waals surface area (Å²) in [7, 11) is 2.52. The number of carbonyl (C=O) groups excluding carboxylic acids is 2. The van der Waals surface area contributed by atoms with Crippen molar-refractivity contribution < 1.29 is 23.8 Å². The van der Waals surface area contributed by atoms with Crippen molar-refractivity contribution >= 4 is 11.9 Å². The van der Waals surface area contributed by atoms with Crippen molar-refractivity contribution in [2.24, 2.45) is 0 Å². The van der Waals surface area contributed by atoms with Crippen LogP contribution >= 0.6 is 0 Å². The fraction of sp³-hybridized carbons (Fsp3) is 0.333. The van der Waals surface area contributed by atoms with Gasteiger partial charge in [-0.1, -0.05) is 6.08 Å². The van der Waals surface area contributed by atoms with E-state index < -0.39 is 11.9 Å². The van der Waals surface area contributed by atoms with Gasteiger partial charge in [0, 0.05) is 0 Å². The molecule has 1 aliphatic rings. The molecule has 0 spiro atoms. The third kappa shape index (κ3) is 2.99. The summed E-state index contributed by atoms with van der Waals surface area (Å²) in [6.45, 7) is 0. The lowest BCUT2D eigenvalue weighted by Crippen LogP contribution is -2.14. The van der Waals surface area contributed by atoms with Gasteiger partial charge in [0.05, 0.1) is 25.3 Å². The quantitative estimate of drug-likeness (QED) is 0.624. The first-order valence-corrected chi connectivity index (χ1v) is 6.29. The summed E-state index contributed by atoms with van der Waals surface area (Å²) in [5, 5.41) is 0. The highest BCUT2D eigenvalue weighted by Gasteiger charge is 2.20. The van der Waals surface area contributed by atoms with Gasteiger partial charge in [0.1, 0.15) is 11.9 Å². The largest absolute Gasteiger partial charge is 0.486 e. The molecule has 0 fully saturated rings. The zero-order valence-corrected chi connectivity index (χ0v) is 11.4. The first kappa shape index (κ1) is 14.1. The van der Waals surface area contributed by atoms with Crippen molar-refractivity contribution in [3.8, 4) is 5.75 Å². The number of benzene rings is 1. The van der Waals surface area contributed by atoms with E-state index in [4.69, 9.17) is 4.74 Å². The molecule has 106 valence electrons. The molecular formula is C15H16O5. The van der Waals surface area contributed by atoms with Gasteiger partial charge >= 0.3 is 11.9 Å². The molecule has 1 atom stereocenters. The number of ether oxygens (including phenoxy) is 3. The van der Waals surface area contributed by atoms with E-state index in [-0.39, 0.29) is 17.2 Å². The molecule has 0 saturated heterocycles. The molecule has 0 bridgehead atoms. The normalized spacial score (nSPS) is 16.8. The number of carbonyl (C=O) groups is 2. The van der Waals surface area contributed by atoms with E-state index in [1.807, 2.05) is 6.08 Å². The second-order valence-corrected chi connectivity index (χ2v) is 4.35. The Bertz CT molecular complexity index is 547. The third-order valence-corrected chi connectivity index (χ3v) is 3.06. The third-order valence-electron chi connectivity index (χ3n) is 3.06. The molecule has 0 radical (unpaired) electrons. The molecule has 20 heavy (non-hydrogen) atoms. The van der Waals surface area contributed by atoms with Gasteiger partial charge in [0.15, 0.2) is 0 Å². The van der Waals surface area contributed by atoms with Crippen LogP contribution in [0.1, 0.15) is 33.6 Å². The summed E-state index contributed by atoms with van der Waals surface area (Å²) < 4.78 is 15.1. The monoisotopic (exact) mass is 276 g/mol. The van der Waals surface area contributed by atoms with Crippen molar-refractivity contribution in [1.29, 1.82) is 0 Å². The summed E-state index contributed by atoms with van der Waals surface area (Å²) in [5.74, 6) is -0.662. The van der Waals surface area contributed by atoms with Gasteiger partial charge in [0.25, 0.3) is 0 Å². The number of hydrogen-bond donors (Lipinski definition) is 0. The molecule has 1 aliphatic carbocycles. The first-order valence-electron chi connectivity index (χ1n) is 6.29. The summed E-state index contributed by atoms with van der Waals surface area (Å²) in [6, 6.07) is 4.65. The smallest absolute Gasteiger partial charge is 0.338 e. The van der Waals surface area contributed by atoms with Crippen LogP contribution in [-0.2, 0) is 9.47 Å². The van der Waals surface area contributed by atoms with Crippen molar-refractivity contribution in [2.45, 2.75) is 18.9 Å². The molecule has 0 aliphatic heterocycles. The second-order valence-electron chi connectivity index (χ2n) is 4.35. The van der Waals surface area contributed by atoms with Crippen LogP contribution in [0.3, 0.4) is 0 Å². The molecular weight excluding hydrogens is 260 g/mol. The minimum absolute atomic E-state index is 0.00414. The predicted octanol–water partition coefficient (Wildman–Crippen LogP) is 2.36. The standard InChI is InChI=1S/C15H16O5/c1-18-14(16)12-8-7-11(9-13(12)15(17)19-2)20-10-5-3-4-6-10/h3,5,7-10H,4,6H2,1-2H3. The maximum atomic E-state index is 11.7. The highest BCUT2D eigenvalue weighted by molar-refractivity contribution is 6.03. The van der Waals surface area contributed by atoms with E-state index in [0.29, 0.717) is 5.75 Å². The Morgan fingerprint density at radius 2 is 1.80 bits per heavy atom. The van der Waals surface area contributed by atoms with E-state index >= 15 is 0 Å². The molecule has 5 heteroatoms. The van der Waals surface area contributed by atoms with Crippen LogP contribution < -0.4 is 4.74 Å². The van der Waals surface area contributed by atoms with E-state index in [2.05, 4.69) is 15.5 Å². The lowest BCUT2D eigenvalue weighted by Gasteiger charge is -2.14. The van der Waals surface area contributed by atoms with Crippen LogP contribution in [-0.4, -0.2) is 32.3 Å². The summed E-state index contributed by atoms with van der Waals surface area (Å²) in [5.41, 5.74) is 0.299. The van der Waals surface area contributed by atoms with Gasteiger partial charge in [-0.05, 0) is 37.1 Å². The molecule has 2 rings (SSSR count). The number of esters is 2. The SMILES string of the molecule is COC(=O)c1ccc(OC2C=CCC2)cc1C(=O)OC. The molecule has 0 saturated carbocycles. The Morgan fingerprint density at radius 3 is 2.40 bits per heavy atom. The predicted molar refractivity (Wildman–Crippen MR) is 71.9 cm³/mol. The molecule has 0 heterocycles. The Labute approximate surface area is 117 Å². The summed E-state index contributed by atoms with van der Waals surface area (Å²) >= 11 is 0. The Kier molecular flexibility index (Phi) is 4.40. The van der Waals surface area contributed by atoms with Crippen LogP contribution in [0.25, 0.3) is 0 Å². The van der Waals surface area contributed by atoms with Crippen LogP contribution in [0.4, 0.5) is 0 Å². The van der Waals surface area contributed by atoms with Crippen LogP contribution in [0, 0.1) is 0 Å². The van der Waals surface area contributed by atoms with Crippen molar-refractivity contribution in [3.63, 3.8) is 0 Å². The van der Waals surface area contributed by atoms with Gasteiger partial charge in [-0.3, -0.25) is 0 Å². The van der Waals surface area contributed by atoms with Crippen LogP contribution in [0.2, 0.25) is 0 Å². The number of rotatable bonds is 4. The first-order chi connectivity index (χ1) is 9.65. The minimum atomic E-state index is -0.599. The lowest BCUT2D eigenvalue weighted by atomic mass is 10.1. The van der Waals surface area contributed by atoms with Crippen molar-refractivity contribution in [3.05, 3.63) is 41.5 Å². The zero-order chi connectivity index (χ0) is 14.5. The van der Waals surface area contributed by atoms with E-state index in [9.17, 15) is 9.59 Å². The molecule has 1 aromatic rings. The number of methoxy groups -OCH3 is 2. The Balaban J connectivity index is 2.29. The fourth-order valence-corrected chi connectivity index (χ4v) is 2.04. The Hall–Kier alpha value is -2.30. The number of hydrogen-bond acceptors (Lipinski definition) is 5. The topological polar surface area (TPSA) is 61.8 Å². The molecule has 1 unspecified atom stereocenters. The van der Waals surface area contributed by atoms with Gasteiger partial charge in [-0.25, -0.2) is 9.59 Å². The highest BCUT2D eigenvalue weighted by atomic mass is 16.5. The van der Waals surface area contributed by atoms with E-state index in [1.165, 1.54) is 26.4 Å². The van der Waals surface area contributed by atoms with Gasteiger partial charge in [0.2, 0.25) is 0 Å². The minimum Gasteiger partial charge on any atom is -0.486 e. The van der Waals surface area contributed by atoms with E-state index in [1.54, 1.807) is 6.07 Å². The van der Waals surface area contributed by atoms with Crippen LogP contribution in [0.5, 0.6) is 5.75 Å². The van der Waals surface area contributed by atoms with Crippen molar-refractivity contribution in [1.82, 2.24) is 0 Å². The van der Waals surface area contributed by atoms with Crippen molar-refractivity contribution in [2.75, 3.05) is 14.2 Å². The fourth-order valence-electron chi connectivity index (χ4n) is 2.04. The lowest BCUT2D eigenvalue weighted by molar-refractivity contribution is 0.0554. The average Bonchev–Trinajstić information content (AvgIpc) is 2.98. The maximum absolute atomic E-state index is 11.7. The summed E-state index contributed by atoms with van der Waals surface area (Å²) in [6.07, 6.45) is 5.92. The number of allylic oxidation sites excluding steroid dienone is 1. The Morgan fingerprint density at radius 1 is 1.10 bits per heavy atom. The van der Waals surface area contributed by atoms with Gasteiger partial charge in [-0.15, -0.1) is 0 Å². The highest BCUT2D eigenvalue weighted by Crippen LogP contribution is 2.23. The average molecular weight is 276 g/mol. The van der Waals surface area contributed by atoms with Gasteiger partial charge < -0.3 is 14.2 Å². The zero-order valence-electron chi connectivity index (χ0n) is 11.4.